The third-order valence-electron chi connectivity index (χ3n) is 2.41. The Hall–Kier alpha value is -0.660. The molecule has 0 aliphatic carbocycles. The van der Waals surface area contributed by atoms with Crippen LogP contribution in [0.25, 0.3) is 0 Å². The summed E-state index contributed by atoms with van der Waals surface area (Å²) in [5, 5.41) is 2.69. The summed E-state index contributed by atoms with van der Waals surface area (Å²) in [4.78, 5) is 11.5. The molecule has 0 saturated heterocycles. The smallest absolute Gasteiger partial charge is 0.235 e. The minimum absolute atomic E-state index is 0.0398. The summed E-state index contributed by atoms with van der Waals surface area (Å²) < 4.78 is 24.7. The van der Waals surface area contributed by atoms with Gasteiger partial charge in [-0.05, 0) is 25.3 Å². The van der Waals surface area contributed by atoms with Gasteiger partial charge in [-0.25, -0.2) is 8.42 Å². The molecule has 108 valence electrons. The molecule has 6 nitrogen and oxygen atoms in total. The average molecular weight is 279 g/mol. The van der Waals surface area contributed by atoms with Gasteiger partial charge in [-0.2, -0.15) is 4.31 Å². The molecule has 0 aromatic rings. The van der Waals surface area contributed by atoms with Gasteiger partial charge >= 0.3 is 0 Å². The van der Waals surface area contributed by atoms with Crippen molar-refractivity contribution in [3.05, 3.63) is 0 Å². The van der Waals surface area contributed by atoms with Crippen LogP contribution in [0.1, 0.15) is 26.7 Å². The van der Waals surface area contributed by atoms with Gasteiger partial charge in [-0.1, -0.05) is 13.8 Å². The molecule has 0 saturated carbocycles. The highest BCUT2D eigenvalue weighted by atomic mass is 32.2. The van der Waals surface area contributed by atoms with E-state index in [-0.39, 0.29) is 18.2 Å². The number of nitrogens with zero attached hydrogens (tertiary/aromatic N) is 1. The molecular weight excluding hydrogens is 254 g/mol. The van der Waals surface area contributed by atoms with Crippen LogP contribution >= 0.6 is 0 Å². The van der Waals surface area contributed by atoms with E-state index in [9.17, 15) is 13.2 Å². The third-order valence-corrected chi connectivity index (χ3v) is 4.29. The number of sulfonamides is 1. The lowest BCUT2D eigenvalue weighted by molar-refractivity contribution is -0.121. The van der Waals surface area contributed by atoms with Gasteiger partial charge in [0.05, 0.1) is 12.3 Å². The minimum atomic E-state index is -3.35. The Bertz CT molecular complexity index is 341. The van der Waals surface area contributed by atoms with Crippen LogP contribution in [-0.2, 0) is 14.8 Å². The van der Waals surface area contributed by atoms with Crippen LogP contribution in [0.3, 0.4) is 0 Å². The second kappa shape index (κ2) is 8.44. The van der Waals surface area contributed by atoms with E-state index in [2.05, 4.69) is 5.32 Å². The summed E-state index contributed by atoms with van der Waals surface area (Å²) in [6.45, 7) is 4.87. The number of amides is 1. The van der Waals surface area contributed by atoms with Gasteiger partial charge in [0.15, 0.2) is 0 Å². The summed E-state index contributed by atoms with van der Waals surface area (Å²) in [6.07, 6.45) is 1.20. The van der Waals surface area contributed by atoms with Crippen molar-refractivity contribution in [3.63, 3.8) is 0 Å². The number of hydrogen-bond donors (Lipinski definition) is 2. The molecule has 0 aliphatic heterocycles. The van der Waals surface area contributed by atoms with Crippen molar-refractivity contribution < 1.29 is 13.2 Å². The molecule has 0 unspecified atom stereocenters. The third kappa shape index (κ3) is 7.62. The Balaban J connectivity index is 4.13. The molecule has 0 rings (SSSR count). The second-order valence-electron chi connectivity index (χ2n) is 4.77. The van der Waals surface area contributed by atoms with Crippen molar-refractivity contribution >= 4 is 15.9 Å². The van der Waals surface area contributed by atoms with Crippen LogP contribution < -0.4 is 11.1 Å². The maximum absolute atomic E-state index is 11.8. The van der Waals surface area contributed by atoms with Crippen molar-refractivity contribution in [2.45, 2.75) is 26.7 Å². The molecule has 0 atom stereocenters. The van der Waals surface area contributed by atoms with E-state index in [0.29, 0.717) is 31.8 Å². The van der Waals surface area contributed by atoms with Gasteiger partial charge in [0.25, 0.3) is 0 Å². The van der Waals surface area contributed by atoms with Gasteiger partial charge in [0.1, 0.15) is 0 Å². The summed E-state index contributed by atoms with van der Waals surface area (Å²) in [5.74, 6) is 0.118. The summed E-state index contributed by atoms with van der Waals surface area (Å²) in [7, 11) is -1.93. The first-order chi connectivity index (χ1) is 8.29. The van der Waals surface area contributed by atoms with Crippen molar-refractivity contribution in [2.24, 2.45) is 11.7 Å². The quantitative estimate of drug-likeness (QED) is 0.570. The van der Waals surface area contributed by atoms with Crippen LogP contribution in [0.5, 0.6) is 0 Å². The SMILES string of the molecule is CC(C)CNC(=O)CN(C)S(=O)(=O)CCCCN. The Morgan fingerprint density at radius 1 is 1.33 bits per heavy atom. The highest BCUT2D eigenvalue weighted by Gasteiger charge is 2.19. The molecule has 0 spiro atoms. The van der Waals surface area contributed by atoms with E-state index >= 15 is 0 Å². The van der Waals surface area contributed by atoms with Gasteiger partial charge in [0.2, 0.25) is 15.9 Å². The maximum atomic E-state index is 11.8. The van der Waals surface area contributed by atoms with Crippen LogP contribution in [0.15, 0.2) is 0 Å². The van der Waals surface area contributed by atoms with Crippen LogP contribution in [0.4, 0.5) is 0 Å². The van der Waals surface area contributed by atoms with Gasteiger partial charge in [0, 0.05) is 13.6 Å². The fourth-order valence-electron chi connectivity index (χ4n) is 1.26. The number of hydrogen-bond acceptors (Lipinski definition) is 4. The number of nitrogens with one attached hydrogen (secondary N) is 1. The molecule has 7 heteroatoms. The first-order valence-electron chi connectivity index (χ1n) is 6.20. The molecule has 0 aliphatic rings. The zero-order valence-corrected chi connectivity index (χ0v) is 12.3. The molecular formula is C11H25N3O3S. The van der Waals surface area contributed by atoms with E-state index in [0.717, 1.165) is 4.31 Å². The molecule has 1 amide bonds. The van der Waals surface area contributed by atoms with Crippen molar-refractivity contribution in [1.82, 2.24) is 9.62 Å². The van der Waals surface area contributed by atoms with Gasteiger partial charge < -0.3 is 11.1 Å². The fraction of sp³-hybridized carbons (Fsp3) is 0.909. The number of likely N-dealkylation sites (N-methyl/N-ethyl adjacent to an activating group) is 1. The van der Waals surface area contributed by atoms with Gasteiger partial charge in [-0.15, -0.1) is 0 Å². The normalized spacial score (nSPS) is 12.1. The topological polar surface area (TPSA) is 92.5 Å². The molecule has 0 radical (unpaired) electrons. The lowest BCUT2D eigenvalue weighted by Crippen LogP contribution is -2.40. The van der Waals surface area contributed by atoms with Crippen molar-refractivity contribution in [3.8, 4) is 0 Å². The molecule has 0 aromatic heterocycles. The monoisotopic (exact) mass is 279 g/mol. The largest absolute Gasteiger partial charge is 0.355 e. The lowest BCUT2D eigenvalue weighted by Gasteiger charge is -2.17. The predicted octanol–water partition coefficient (Wildman–Crippen LogP) is -0.241. The van der Waals surface area contributed by atoms with E-state index in [1.807, 2.05) is 13.8 Å². The average Bonchev–Trinajstić information content (AvgIpc) is 2.26. The standard InChI is InChI=1S/C11H25N3O3S/c1-10(2)8-13-11(15)9-14(3)18(16,17)7-5-4-6-12/h10H,4-9,12H2,1-3H3,(H,13,15). The molecule has 18 heavy (non-hydrogen) atoms. The summed E-state index contributed by atoms with van der Waals surface area (Å²) >= 11 is 0. The summed E-state index contributed by atoms with van der Waals surface area (Å²) in [5.41, 5.74) is 5.31. The number of carbonyl (C=O) groups excluding carboxylic acids is 1. The molecule has 3 N–H and O–H groups in total. The Morgan fingerprint density at radius 3 is 2.44 bits per heavy atom. The highest BCUT2D eigenvalue weighted by Crippen LogP contribution is 2.01. The Morgan fingerprint density at radius 2 is 1.94 bits per heavy atom. The van der Waals surface area contributed by atoms with Crippen LogP contribution in [0.2, 0.25) is 0 Å². The van der Waals surface area contributed by atoms with Crippen LogP contribution in [-0.4, -0.2) is 51.1 Å². The zero-order valence-electron chi connectivity index (χ0n) is 11.5. The van der Waals surface area contributed by atoms with Gasteiger partial charge in [-0.3, -0.25) is 4.79 Å². The molecule has 0 aromatic carbocycles. The number of nitrogens with two attached hydrogens (primary N) is 1. The minimum Gasteiger partial charge on any atom is -0.355 e. The van der Waals surface area contributed by atoms with Crippen molar-refractivity contribution in [1.29, 1.82) is 0 Å². The highest BCUT2D eigenvalue weighted by molar-refractivity contribution is 7.89. The number of unbranched alkanes of at least 4 members (excludes halogenated alkanes) is 1. The lowest BCUT2D eigenvalue weighted by atomic mass is 10.2. The van der Waals surface area contributed by atoms with E-state index in [1.54, 1.807) is 0 Å². The fourth-order valence-corrected chi connectivity index (χ4v) is 2.45. The molecule has 0 bridgehead atoms. The Labute approximate surface area is 110 Å². The molecule has 0 heterocycles. The van der Waals surface area contributed by atoms with E-state index < -0.39 is 10.0 Å². The summed E-state index contributed by atoms with van der Waals surface area (Å²) in [6, 6.07) is 0. The Kier molecular flexibility index (Phi) is 8.13. The predicted molar refractivity (Wildman–Crippen MR) is 72.6 cm³/mol. The zero-order chi connectivity index (χ0) is 14.2. The maximum Gasteiger partial charge on any atom is 0.235 e. The number of rotatable bonds is 9. The number of carbonyl (C=O) groups is 1. The van der Waals surface area contributed by atoms with Crippen LogP contribution in [0, 0.1) is 5.92 Å². The van der Waals surface area contributed by atoms with E-state index in [4.69, 9.17) is 5.73 Å². The first-order valence-corrected chi connectivity index (χ1v) is 7.81. The first kappa shape index (κ1) is 17.3. The second-order valence-corrected chi connectivity index (χ2v) is 6.96. The van der Waals surface area contributed by atoms with E-state index in [1.165, 1.54) is 7.05 Å². The van der Waals surface area contributed by atoms with Crippen molar-refractivity contribution in [2.75, 3.05) is 32.4 Å². The molecule has 0 fully saturated rings.